The van der Waals surface area contributed by atoms with Crippen molar-refractivity contribution in [3.63, 3.8) is 0 Å². The molecule has 1 saturated carbocycles. The zero-order valence-electron chi connectivity index (χ0n) is 24.2. The van der Waals surface area contributed by atoms with Crippen LogP contribution in [-0.4, -0.2) is 38.4 Å². The molecule has 220 valence electrons. The van der Waals surface area contributed by atoms with Crippen molar-refractivity contribution in [2.75, 3.05) is 12.8 Å². The second-order valence-electron chi connectivity index (χ2n) is 11.3. The first-order chi connectivity index (χ1) is 20.8. The topological polar surface area (TPSA) is 99.4 Å². The summed E-state index contributed by atoms with van der Waals surface area (Å²) in [5, 5.41) is 15.4. The lowest BCUT2D eigenvalue weighted by Gasteiger charge is -2.19. The van der Waals surface area contributed by atoms with Gasteiger partial charge in [-0.25, -0.2) is 9.37 Å². The average Bonchev–Trinajstić information content (AvgIpc) is 3.76. The van der Waals surface area contributed by atoms with E-state index in [0.29, 0.717) is 38.5 Å². The largest absolute Gasteiger partial charge is 0.356 e. The molecular formula is C33H32ClFN6OS. The van der Waals surface area contributed by atoms with Gasteiger partial charge in [-0.3, -0.25) is 9.78 Å². The summed E-state index contributed by atoms with van der Waals surface area (Å²) in [5.74, 6) is 0.637. The summed E-state index contributed by atoms with van der Waals surface area (Å²) in [4.78, 5) is 24.5. The minimum Gasteiger partial charge on any atom is -0.356 e. The van der Waals surface area contributed by atoms with Crippen molar-refractivity contribution in [2.45, 2.75) is 56.6 Å². The molecule has 2 aromatic carbocycles. The van der Waals surface area contributed by atoms with Gasteiger partial charge in [0.25, 0.3) is 5.56 Å². The molecule has 2 N–H and O–H groups in total. The van der Waals surface area contributed by atoms with E-state index in [1.807, 2.05) is 38.3 Å². The number of nitriles is 1. The van der Waals surface area contributed by atoms with E-state index in [-0.39, 0.29) is 23.5 Å². The summed E-state index contributed by atoms with van der Waals surface area (Å²) in [6, 6.07) is 12.1. The van der Waals surface area contributed by atoms with Crippen LogP contribution in [0.2, 0.25) is 5.02 Å². The minimum atomic E-state index is -0.442. The third kappa shape index (κ3) is 5.44. The minimum absolute atomic E-state index is 0.215. The second-order valence-corrected chi connectivity index (χ2v) is 12.5. The van der Waals surface area contributed by atoms with Crippen LogP contribution in [0, 0.1) is 30.0 Å². The molecule has 3 fully saturated rings. The highest BCUT2D eigenvalue weighted by Gasteiger charge is 2.35. The maximum Gasteiger partial charge on any atom is 0.269 e. The van der Waals surface area contributed by atoms with Crippen molar-refractivity contribution in [3.05, 3.63) is 86.9 Å². The molecule has 2 bridgehead atoms. The number of nitrogens with one attached hydrogen (secondary N) is 2. The number of hydrogen-bond donors (Lipinski definition) is 2. The molecule has 5 aromatic rings. The monoisotopic (exact) mass is 614 g/mol. The van der Waals surface area contributed by atoms with Gasteiger partial charge in [-0.2, -0.15) is 5.26 Å². The number of nitrogens with zero attached hydrogens (tertiary/aromatic N) is 4. The molecule has 3 aliphatic rings. The Hall–Kier alpha value is -3.71. The molecule has 1 atom stereocenters. The van der Waals surface area contributed by atoms with Gasteiger partial charge in [0, 0.05) is 51.9 Å². The van der Waals surface area contributed by atoms with Crippen LogP contribution in [0.1, 0.15) is 49.0 Å². The molecule has 7 nitrogen and oxygen atoms in total. The Morgan fingerprint density at radius 2 is 2.09 bits per heavy atom. The summed E-state index contributed by atoms with van der Waals surface area (Å²) in [5.41, 5.74) is 4.15. The number of aromatic nitrogens is 4. The quantitative estimate of drug-likeness (QED) is 0.196. The summed E-state index contributed by atoms with van der Waals surface area (Å²) >= 11 is 7.81. The lowest BCUT2D eigenvalue weighted by molar-refractivity contribution is 0.372. The molecule has 2 aliphatic heterocycles. The third-order valence-corrected chi connectivity index (χ3v) is 9.77. The zero-order valence-corrected chi connectivity index (χ0v) is 25.8. The number of fused-ring (bicyclic) bond motifs is 4. The molecule has 0 amide bonds. The van der Waals surface area contributed by atoms with Crippen LogP contribution in [0.15, 0.2) is 58.7 Å². The van der Waals surface area contributed by atoms with Crippen molar-refractivity contribution >= 4 is 45.2 Å². The molecule has 10 heteroatoms. The lowest BCUT2D eigenvalue weighted by Crippen LogP contribution is -2.23. The Morgan fingerprint density at radius 3 is 2.74 bits per heavy atom. The van der Waals surface area contributed by atoms with Gasteiger partial charge >= 0.3 is 0 Å². The second kappa shape index (κ2) is 12.1. The smallest absolute Gasteiger partial charge is 0.269 e. The van der Waals surface area contributed by atoms with Crippen molar-refractivity contribution in [1.82, 2.24) is 24.8 Å². The predicted octanol–water partition coefficient (Wildman–Crippen LogP) is 7.20. The van der Waals surface area contributed by atoms with E-state index < -0.39 is 5.82 Å². The molecule has 0 spiro atoms. The van der Waals surface area contributed by atoms with Gasteiger partial charge in [0.05, 0.1) is 23.8 Å². The Morgan fingerprint density at radius 1 is 1.28 bits per heavy atom. The zero-order chi connectivity index (χ0) is 30.2. The van der Waals surface area contributed by atoms with E-state index in [1.165, 1.54) is 37.3 Å². The van der Waals surface area contributed by atoms with E-state index in [9.17, 15) is 10.1 Å². The molecule has 5 heterocycles. The fourth-order valence-corrected chi connectivity index (χ4v) is 6.92. The van der Waals surface area contributed by atoms with Crippen LogP contribution in [-0.2, 0) is 6.42 Å². The summed E-state index contributed by atoms with van der Waals surface area (Å²) in [7, 11) is 0. The Labute approximate surface area is 258 Å². The van der Waals surface area contributed by atoms with Crippen molar-refractivity contribution in [2.24, 2.45) is 5.92 Å². The van der Waals surface area contributed by atoms with Gasteiger partial charge in [0.2, 0.25) is 0 Å². The highest BCUT2D eigenvalue weighted by atomic mass is 35.5. The summed E-state index contributed by atoms with van der Waals surface area (Å²) < 4.78 is 18.0. The first-order valence-electron chi connectivity index (χ1n) is 14.4. The van der Waals surface area contributed by atoms with E-state index in [1.54, 1.807) is 29.1 Å². The number of hydrogen-bond acceptors (Lipinski definition) is 6. The standard InChI is InChI=1S/C28H23ClFN5OS.C5H9N/c1-15-18(7-4-8-21(15)29)24-17(6-5-9-31)12-19-26-20(28(37-3)34-27(19)25(24)30)13-22(33-26)16(2)35-11-10-32-14-23(35)36;1-4-2-5(1)6-3-4/h4,7-8,10-14,16,33H,5-6H2,1-3H3;4-6H,1-3H2. The van der Waals surface area contributed by atoms with Gasteiger partial charge in [0.15, 0.2) is 5.82 Å². The molecule has 43 heavy (non-hydrogen) atoms. The summed E-state index contributed by atoms with van der Waals surface area (Å²) in [6.07, 6.45) is 9.96. The Balaban J connectivity index is 0.000000482. The van der Waals surface area contributed by atoms with Crippen molar-refractivity contribution in [1.29, 1.82) is 5.26 Å². The van der Waals surface area contributed by atoms with Crippen LogP contribution in [0.4, 0.5) is 4.39 Å². The average molecular weight is 615 g/mol. The van der Waals surface area contributed by atoms with Gasteiger partial charge in [0.1, 0.15) is 10.5 Å². The maximum absolute atomic E-state index is 16.4. The van der Waals surface area contributed by atoms with E-state index in [0.717, 1.165) is 34.1 Å². The van der Waals surface area contributed by atoms with E-state index >= 15 is 4.39 Å². The van der Waals surface area contributed by atoms with Gasteiger partial charge in [-0.05, 0) is 86.7 Å². The van der Waals surface area contributed by atoms with Crippen molar-refractivity contribution in [3.8, 4) is 17.2 Å². The van der Waals surface area contributed by atoms with Gasteiger partial charge < -0.3 is 14.9 Å². The first kappa shape index (κ1) is 29.4. The SMILES string of the molecule is C1NC2CC1C2.CSc1nc2c(F)c(-c3cccc(Cl)c3C)c(CCC#N)cc2c2[nH]c(C(C)n3ccncc3=O)cc12. The molecule has 1 aliphatic carbocycles. The lowest BCUT2D eigenvalue weighted by atomic mass is 9.87. The molecular weight excluding hydrogens is 583 g/mol. The van der Waals surface area contributed by atoms with Crippen LogP contribution >= 0.6 is 23.4 Å². The molecule has 2 saturated heterocycles. The number of pyridine rings is 1. The van der Waals surface area contributed by atoms with Crippen LogP contribution in [0.3, 0.4) is 0 Å². The van der Waals surface area contributed by atoms with Crippen molar-refractivity contribution < 1.29 is 4.39 Å². The highest BCUT2D eigenvalue weighted by Crippen LogP contribution is 2.40. The van der Waals surface area contributed by atoms with Gasteiger partial charge in [-0.1, -0.05) is 23.7 Å². The fraction of sp³-hybridized carbons (Fsp3) is 0.333. The number of benzene rings is 2. The number of aromatic amines is 1. The fourth-order valence-electron chi connectivity index (χ4n) is 6.18. The van der Waals surface area contributed by atoms with E-state index in [2.05, 4.69) is 21.4 Å². The molecule has 3 aromatic heterocycles. The molecule has 1 unspecified atom stereocenters. The Bertz CT molecular complexity index is 1930. The predicted molar refractivity (Wildman–Crippen MR) is 171 cm³/mol. The number of halogens is 2. The molecule has 8 rings (SSSR count). The van der Waals surface area contributed by atoms with E-state index in [4.69, 9.17) is 16.6 Å². The number of thioether (sulfide) groups is 1. The number of aryl methyl sites for hydroxylation is 1. The van der Waals surface area contributed by atoms with Crippen LogP contribution in [0.25, 0.3) is 32.9 Å². The highest BCUT2D eigenvalue weighted by molar-refractivity contribution is 7.98. The molecule has 0 radical (unpaired) electrons. The first-order valence-corrected chi connectivity index (χ1v) is 16.0. The van der Waals surface area contributed by atoms with Gasteiger partial charge in [-0.15, -0.1) is 11.8 Å². The van der Waals surface area contributed by atoms with Crippen LogP contribution < -0.4 is 10.9 Å². The summed E-state index contributed by atoms with van der Waals surface area (Å²) in [6.45, 7) is 5.09. The number of rotatable bonds is 6. The number of H-pyrrole nitrogens is 1. The Kier molecular flexibility index (Phi) is 8.27. The van der Waals surface area contributed by atoms with Crippen LogP contribution in [0.5, 0.6) is 0 Å². The normalized spacial score (nSPS) is 17.8. The third-order valence-electron chi connectivity index (χ3n) is 8.66. The maximum atomic E-state index is 16.4.